The number of nitrogens with one attached hydrogen (secondary N) is 1. The van der Waals surface area contributed by atoms with E-state index in [0.717, 1.165) is 5.69 Å². The normalized spacial score (nSPS) is 10.6. The first-order valence-corrected chi connectivity index (χ1v) is 6.38. The van der Waals surface area contributed by atoms with Gasteiger partial charge in [0.2, 0.25) is 11.7 Å². The van der Waals surface area contributed by atoms with Crippen molar-refractivity contribution in [2.75, 3.05) is 5.32 Å². The molecule has 0 saturated carbocycles. The molecule has 8 heteroatoms. The molecule has 1 aromatic carbocycles. The van der Waals surface area contributed by atoms with Gasteiger partial charge in [0.25, 0.3) is 5.89 Å². The third kappa shape index (κ3) is 3.32. The SMILES string of the molecule is Fc1ccc(NCc2nnc(-c3ncc(Cl)cn3)o2)cc1. The van der Waals surface area contributed by atoms with Gasteiger partial charge in [-0.3, -0.25) is 0 Å². The fraction of sp³-hybridized carbons (Fsp3) is 0.0769. The zero-order valence-corrected chi connectivity index (χ0v) is 11.4. The zero-order valence-electron chi connectivity index (χ0n) is 10.6. The molecule has 0 spiro atoms. The van der Waals surface area contributed by atoms with Gasteiger partial charge in [-0.1, -0.05) is 11.6 Å². The molecule has 0 amide bonds. The van der Waals surface area contributed by atoms with Crippen molar-refractivity contribution in [3.8, 4) is 11.7 Å². The van der Waals surface area contributed by atoms with E-state index >= 15 is 0 Å². The van der Waals surface area contributed by atoms with Gasteiger partial charge in [-0.25, -0.2) is 14.4 Å². The van der Waals surface area contributed by atoms with E-state index in [1.807, 2.05) is 0 Å². The number of hydrogen-bond donors (Lipinski definition) is 1. The van der Waals surface area contributed by atoms with Crippen molar-refractivity contribution in [1.82, 2.24) is 20.2 Å². The van der Waals surface area contributed by atoms with E-state index in [0.29, 0.717) is 23.3 Å². The average molecular weight is 306 g/mol. The first-order chi connectivity index (χ1) is 10.2. The van der Waals surface area contributed by atoms with Crippen molar-refractivity contribution in [2.45, 2.75) is 6.54 Å². The number of hydrogen-bond acceptors (Lipinski definition) is 6. The Balaban J connectivity index is 1.67. The van der Waals surface area contributed by atoms with E-state index < -0.39 is 0 Å². The fourth-order valence-corrected chi connectivity index (χ4v) is 1.68. The molecule has 0 aliphatic carbocycles. The van der Waals surface area contributed by atoms with Crippen molar-refractivity contribution < 1.29 is 8.81 Å². The van der Waals surface area contributed by atoms with Crippen molar-refractivity contribution in [2.24, 2.45) is 0 Å². The first-order valence-electron chi connectivity index (χ1n) is 6.00. The molecule has 21 heavy (non-hydrogen) atoms. The summed E-state index contributed by atoms with van der Waals surface area (Å²) < 4.78 is 18.2. The maximum absolute atomic E-state index is 12.8. The lowest BCUT2D eigenvalue weighted by atomic mass is 10.3. The molecule has 106 valence electrons. The molecule has 0 saturated heterocycles. The molecule has 3 aromatic rings. The molecule has 1 N–H and O–H groups in total. The van der Waals surface area contributed by atoms with E-state index in [-0.39, 0.29) is 11.7 Å². The first kappa shape index (κ1) is 13.4. The Hall–Kier alpha value is -2.54. The fourth-order valence-electron chi connectivity index (χ4n) is 1.58. The van der Waals surface area contributed by atoms with Crippen LogP contribution in [-0.2, 0) is 6.54 Å². The van der Waals surface area contributed by atoms with Gasteiger partial charge in [0.15, 0.2) is 0 Å². The third-order valence-corrected chi connectivity index (χ3v) is 2.76. The van der Waals surface area contributed by atoms with E-state index in [9.17, 15) is 4.39 Å². The van der Waals surface area contributed by atoms with E-state index in [1.54, 1.807) is 12.1 Å². The summed E-state index contributed by atoms with van der Waals surface area (Å²) in [5.74, 6) is 0.593. The second-order valence-corrected chi connectivity index (χ2v) is 4.52. The van der Waals surface area contributed by atoms with Crippen LogP contribution in [0, 0.1) is 5.82 Å². The number of benzene rings is 1. The van der Waals surface area contributed by atoms with Crippen LogP contribution >= 0.6 is 11.6 Å². The van der Waals surface area contributed by atoms with Crippen molar-refractivity contribution in [3.63, 3.8) is 0 Å². The number of nitrogens with zero attached hydrogens (tertiary/aromatic N) is 4. The summed E-state index contributed by atoms with van der Waals surface area (Å²) in [5.41, 5.74) is 0.749. The molecular weight excluding hydrogens is 297 g/mol. The summed E-state index contributed by atoms with van der Waals surface area (Å²) in [7, 11) is 0. The predicted octanol–water partition coefficient (Wildman–Crippen LogP) is 2.93. The highest BCUT2D eigenvalue weighted by molar-refractivity contribution is 6.30. The predicted molar refractivity (Wildman–Crippen MR) is 74.1 cm³/mol. The second kappa shape index (κ2) is 5.84. The van der Waals surface area contributed by atoms with Crippen LogP contribution in [0.25, 0.3) is 11.7 Å². The quantitative estimate of drug-likeness (QED) is 0.798. The lowest BCUT2D eigenvalue weighted by Gasteiger charge is -2.02. The summed E-state index contributed by atoms with van der Waals surface area (Å²) in [6, 6.07) is 5.97. The van der Waals surface area contributed by atoms with Crippen molar-refractivity contribution in [3.05, 3.63) is 53.4 Å². The monoisotopic (exact) mass is 305 g/mol. The maximum Gasteiger partial charge on any atom is 0.285 e. The summed E-state index contributed by atoms with van der Waals surface area (Å²) in [6.07, 6.45) is 2.90. The second-order valence-electron chi connectivity index (χ2n) is 4.09. The minimum Gasteiger partial charge on any atom is -0.416 e. The minimum absolute atomic E-state index is 0.211. The molecule has 0 aliphatic rings. The molecule has 2 heterocycles. The molecule has 0 aliphatic heterocycles. The largest absolute Gasteiger partial charge is 0.416 e. The topological polar surface area (TPSA) is 76.7 Å². The summed E-state index contributed by atoms with van der Waals surface area (Å²) in [4.78, 5) is 7.98. The Labute approximate surface area is 124 Å². The van der Waals surface area contributed by atoms with E-state index in [2.05, 4.69) is 25.5 Å². The Morgan fingerprint density at radius 1 is 1.10 bits per heavy atom. The lowest BCUT2D eigenvalue weighted by Crippen LogP contribution is -1.99. The number of rotatable bonds is 4. The van der Waals surface area contributed by atoms with Gasteiger partial charge in [-0.2, -0.15) is 0 Å². The summed E-state index contributed by atoms with van der Waals surface area (Å²) in [6.45, 7) is 0.312. The van der Waals surface area contributed by atoms with Gasteiger partial charge in [-0.15, -0.1) is 10.2 Å². The Kier molecular flexibility index (Phi) is 3.74. The van der Waals surface area contributed by atoms with Gasteiger partial charge < -0.3 is 9.73 Å². The molecule has 0 atom stereocenters. The molecule has 0 bridgehead atoms. The highest BCUT2D eigenvalue weighted by Crippen LogP contribution is 2.15. The van der Waals surface area contributed by atoms with Crippen LogP contribution in [0.4, 0.5) is 10.1 Å². The number of aromatic nitrogens is 4. The molecule has 0 radical (unpaired) electrons. The summed E-state index contributed by atoms with van der Waals surface area (Å²) in [5, 5.41) is 11.2. The molecule has 6 nitrogen and oxygen atoms in total. The zero-order chi connectivity index (χ0) is 14.7. The molecule has 2 aromatic heterocycles. The van der Waals surface area contributed by atoms with E-state index in [1.165, 1.54) is 24.5 Å². The Morgan fingerprint density at radius 3 is 2.52 bits per heavy atom. The van der Waals surface area contributed by atoms with Crippen LogP contribution in [0.5, 0.6) is 0 Å². The maximum atomic E-state index is 12.8. The third-order valence-electron chi connectivity index (χ3n) is 2.57. The lowest BCUT2D eigenvalue weighted by molar-refractivity contribution is 0.511. The van der Waals surface area contributed by atoms with E-state index in [4.69, 9.17) is 16.0 Å². The van der Waals surface area contributed by atoms with Gasteiger partial charge in [0.05, 0.1) is 11.6 Å². The van der Waals surface area contributed by atoms with Crippen LogP contribution in [0.15, 0.2) is 41.1 Å². The Morgan fingerprint density at radius 2 is 1.81 bits per heavy atom. The van der Waals surface area contributed by atoms with Crippen LogP contribution < -0.4 is 5.32 Å². The molecular formula is C13H9ClFN5O. The van der Waals surface area contributed by atoms with Crippen LogP contribution in [0.1, 0.15) is 5.89 Å². The van der Waals surface area contributed by atoms with Crippen molar-refractivity contribution in [1.29, 1.82) is 0 Å². The smallest absolute Gasteiger partial charge is 0.285 e. The standard InChI is InChI=1S/C13H9ClFN5O/c14-8-5-17-12(18-6-8)13-20-19-11(21-13)7-16-10-3-1-9(15)2-4-10/h1-6,16H,7H2. The Bertz CT molecular complexity index is 729. The van der Waals surface area contributed by atoms with Gasteiger partial charge in [0, 0.05) is 18.1 Å². The minimum atomic E-state index is -0.291. The summed E-state index contributed by atoms with van der Waals surface area (Å²) >= 11 is 5.70. The molecule has 0 fully saturated rings. The highest BCUT2D eigenvalue weighted by Gasteiger charge is 2.10. The number of anilines is 1. The van der Waals surface area contributed by atoms with Gasteiger partial charge >= 0.3 is 0 Å². The van der Waals surface area contributed by atoms with Gasteiger partial charge in [-0.05, 0) is 24.3 Å². The number of halogens is 2. The van der Waals surface area contributed by atoms with Crippen molar-refractivity contribution >= 4 is 17.3 Å². The molecule has 3 rings (SSSR count). The van der Waals surface area contributed by atoms with Crippen LogP contribution in [0.3, 0.4) is 0 Å². The van der Waals surface area contributed by atoms with Gasteiger partial charge in [0.1, 0.15) is 5.82 Å². The highest BCUT2D eigenvalue weighted by atomic mass is 35.5. The average Bonchev–Trinajstić information content (AvgIpc) is 2.96. The molecule has 0 unspecified atom stereocenters. The van der Waals surface area contributed by atoms with Crippen LogP contribution in [-0.4, -0.2) is 20.2 Å². The van der Waals surface area contributed by atoms with Crippen LogP contribution in [0.2, 0.25) is 5.02 Å².